The third-order valence-corrected chi connectivity index (χ3v) is 5.96. The summed E-state index contributed by atoms with van der Waals surface area (Å²) in [7, 11) is 0. The molecule has 214 valence electrons. The molecule has 0 radical (unpaired) electrons. The van der Waals surface area contributed by atoms with E-state index < -0.39 is 24.3 Å². The molecule has 2 aromatic rings. The number of anilines is 1. The highest BCUT2D eigenvalue weighted by molar-refractivity contribution is 5.85. The Labute approximate surface area is 219 Å². The zero-order valence-electron chi connectivity index (χ0n) is 20.7. The van der Waals surface area contributed by atoms with Crippen LogP contribution in [0.3, 0.4) is 0 Å². The van der Waals surface area contributed by atoms with Gasteiger partial charge in [0.15, 0.2) is 0 Å². The fraction of sp³-hybridized carbons (Fsp3) is 0.458. The van der Waals surface area contributed by atoms with E-state index in [1.165, 1.54) is 0 Å². The number of hydrogen-bond donors (Lipinski definition) is 2. The number of nitrogens with zero attached hydrogens (tertiary/aromatic N) is 4. The highest BCUT2D eigenvalue weighted by Crippen LogP contribution is 2.41. The van der Waals surface area contributed by atoms with Crippen molar-refractivity contribution in [2.45, 2.75) is 45.1 Å². The van der Waals surface area contributed by atoms with Crippen LogP contribution < -0.4 is 4.90 Å². The summed E-state index contributed by atoms with van der Waals surface area (Å²) in [5.74, 6) is -4.22. The molecule has 2 aliphatic heterocycles. The first kappa shape index (κ1) is 31.3. The fourth-order valence-electron chi connectivity index (χ4n) is 4.17. The highest BCUT2D eigenvalue weighted by Gasteiger charge is 2.49. The average Bonchev–Trinajstić information content (AvgIpc) is 3.13. The molecule has 1 atom stereocenters. The molecule has 39 heavy (non-hydrogen) atoms. The Kier molecular flexibility index (Phi) is 10.2. The normalized spacial score (nSPS) is 19.1. The van der Waals surface area contributed by atoms with Crippen LogP contribution >= 0.6 is 0 Å². The lowest BCUT2D eigenvalue weighted by Gasteiger charge is -2.39. The maximum Gasteiger partial charge on any atom is 0.490 e. The third kappa shape index (κ3) is 9.11. The number of carboxylic acid groups (broad SMARTS) is 2. The molecular weight excluding hydrogens is 538 g/mol. The summed E-state index contributed by atoms with van der Waals surface area (Å²) >= 11 is 0. The monoisotopic (exact) mass is 564 g/mol. The van der Waals surface area contributed by atoms with Crippen LogP contribution in [0.25, 0.3) is 0 Å². The first-order valence-corrected chi connectivity index (χ1v) is 11.5. The van der Waals surface area contributed by atoms with E-state index in [-0.39, 0.29) is 5.41 Å². The smallest absolute Gasteiger partial charge is 0.475 e. The number of amides is 1. The van der Waals surface area contributed by atoms with Crippen molar-refractivity contribution in [2.75, 3.05) is 24.5 Å². The van der Waals surface area contributed by atoms with Gasteiger partial charge in [-0.3, -0.25) is 9.78 Å². The van der Waals surface area contributed by atoms with Crippen LogP contribution in [-0.4, -0.2) is 74.9 Å². The summed E-state index contributed by atoms with van der Waals surface area (Å²) in [4.78, 5) is 44.1. The number of likely N-dealkylation sites (tertiary alicyclic amines) is 1. The second-order valence-corrected chi connectivity index (χ2v) is 8.89. The zero-order valence-corrected chi connectivity index (χ0v) is 20.7. The van der Waals surface area contributed by atoms with Crippen LogP contribution in [-0.2, 0) is 20.9 Å². The molecular formula is C24H26F6N4O5. The van der Waals surface area contributed by atoms with E-state index in [9.17, 15) is 31.1 Å². The molecule has 2 aliphatic rings. The topological polar surface area (TPSA) is 124 Å². The number of rotatable bonds is 3. The lowest BCUT2D eigenvalue weighted by atomic mass is 9.78. The van der Waals surface area contributed by atoms with Gasteiger partial charge in [-0.05, 0) is 49.9 Å². The summed E-state index contributed by atoms with van der Waals surface area (Å²) < 4.78 is 63.5. The van der Waals surface area contributed by atoms with E-state index >= 15 is 0 Å². The molecule has 2 aromatic heterocycles. The molecule has 2 N–H and O–H groups in total. The predicted molar refractivity (Wildman–Crippen MR) is 125 cm³/mol. The van der Waals surface area contributed by atoms with E-state index in [2.05, 4.69) is 20.9 Å². The Morgan fingerprint density at radius 1 is 0.974 bits per heavy atom. The molecule has 9 nitrogen and oxygen atoms in total. The summed E-state index contributed by atoms with van der Waals surface area (Å²) in [6.07, 6.45) is -3.58. The molecule has 4 heterocycles. The number of aryl methyl sites for hydroxylation is 1. The van der Waals surface area contributed by atoms with Crippen molar-refractivity contribution in [3.8, 4) is 0 Å². The number of carbonyl (C=O) groups excluding carboxylic acids is 1. The second kappa shape index (κ2) is 12.8. The van der Waals surface area contributed by atoms with Crippen molar-refractivity contribution in [1.82, 2.24) is 14.9 Å². The van der Waals surface area contributed by atoms with Crippen molar-refractivity contribution in [2.24, 2.45) is 5.41 Å². The minimum absolute atomic E-state index is 0.244. The molecule has 1 unspecified atom stereocenters. The van der Waals surface area contributed by atoms with Crippen LogP contribution in [0.5, 0.6) is 0 Å². The van der Waals surface area contributed by atoms with Gasteiger partial charge in [-0.1, -0.05) is 12.1 Å². The molecule has 0 bridgehead atoms. The Hall–Kier alpha value is -3.91. The number of hydrogen-bond acceptors (Lipinski definition) is 6. The van der Waals surface area contributed by atoms with Crippen LogP contribution in [0.1, 0.15) is 30.5 Å². The van der Waals surface area contributed by atoms with Crippen LogP contribution in [0.2, 0.25) is 0 Å². The zero-order chi connectivity index (χ0) is 29.4. The number of aliphatic carboxylic acids is 2. The maximum absolute atomic E-state index is 13.2. The molecule has 1 amide bonds. The summed E-state index contributed by atoms with van der Waals surface area (Å²) in [5.41, 5.74) is 1.88. The van der Waals surface area contributed by atoms with Gasteiger partial charge in [-0.15, -0.1) is 0 Å². The second-order valence-electron chi connectivity index (χ2n) is 8.89. The lowest BCUT2D eigenvalue weighted by Crippen LogP contribution is -2.48. The van der Waals surface area contributed by atoms with E-state index in [1.807, 2.05) is 42.3 Å². The molecule has 2 fully saturated rings. The van der Waals surface area contributed by atoms with E-state index in [0.717, 1.165) is 56.0 Å². The number of piperidine rings is 1. The van der Waals surface area contributed by atoms with Gasteiger partial charge in [-0.2, -0.15) is 26.3 Å². The number of carboxylic acids is 2. The Morgan fingerprint density at radius 2 is 1.59 bits per heavy atom. The Bertz CT molecular complexity index is 1120. The Morgan fingerprint density at radius 3 is 2.10 bits per heavy atom. The quantitative estimate of drug-likeness (QED) is 0.535. The van der Waals surface area contributed by atoms with Gasteiger partial charge in [0.1, 0.15) is 5.82 Å². The third-order valence-electron chi connectivity index (χ3n) is 5.96. The molecule has 4 rings (SSSR count). The minimum atomic E-state index is -5.08. The summed E-state index contributed by atoms with van der Waals surface area (Å²) in [6.45, 7) is 5.28. The molecule has 0 saturated carbocycles. The van der Waals surface area contributed by atoms with Gasteiger partial charge >= 0.3 is 24.3 Å². The van der Waals surface area contributed by atoms with Crippen molar-refractivity contribution < 1.29 is 50.9 Å². The molecule has 0 aliphatic carbocycles. The van der Waals surface area contributed by atoms with Crippen molar-refractivity contribution in [3.05, 3.63) is 54.0 Å². The lowest BCUT2D eigenvalue weighted by molar-refractivity contribution is -0.193. The Balaban J connectivity index is 0.000000317. The molecule has 15 heteroatoms. The molecule has 0 aromatic carbocycles. The van der Waals surface area contributed by atoms with Gasteiger partial charge < -0.3 is 20.0 Å². The highest BCUT2D eigenvalue weighted by atomic mass is 19.4. The molecule has 1 spiro atoms. The predicted octanol–water partition coefficient (Wildman–Crippen LogP) is 4.07. The number of carbonyl (C=O) groups is 3. The van der Waals surface area contributed by atoms with E-state index in [1.54, 1.807) is 6.20 Å². The van der Waals surface area contributed by atoms with E-state index in [4.69, 9.17) is 19.8 Å². The maximum atomic E-state index is 13.2. The van der Waals surface area contributed by atoms with Crippen molar-refractivity contribution in [1.29, 1.82) is 0 Å². The fourth-order valence-corrected chi connectivity index (χ4v) is 4.17. The largest absolute Gasteiger partial charge is 0.490 e. The minimum Gasteiger partial charge on any atom is -0.475 e. The number of halogens is 6. The van der Waals surface area contributed by atoms with Crippen LogP contribution in [0.4, 0.5) is 32.2 Å². The summed E-state index contributed by atoms with van der Waals surface area (Å²) in [5, 5.41) is 14.2. The van der Waals surface area contributed by atoms with Gasteiger partial charge in [-0.25, -0.2) is 14.6 Å². The van der Waals surface area contributed by atoms with Gasteiger partial charge in [0.25, 0.3) is 0 Å². The SMILES string of the molecule is Cc1cccc(N2CCCC3(CCN(Cc4cccnc4)C3=O)C2)n1.O=C(O)C(F)(F)F.O=C(O)C(F)(F)F. The average molecular weight is 564 g/mol. The number of pyridine rings is 2. The first-order valence-electron chi connectivity index (χ1n) is 11.5. The summed E-state index contributed by atoms with van der Waals surface area (Å²) in [6, 6.07) is 10.1. The number of aromatic nitrogens is 2. The van der Waals surface area contributed by atoms with Crippen molar-refractivity contribution in [3.63, 3.8) is 0 Å². The first-order chi connectivity index (χ1) is 18.0. The van der Waals surface area contributed by atoms with Crippen LogP contribution in [0.15, 0.2) is 42.7 Å². The van der Waals surface area contributed by atoms with Gasteiger partial charge in [0.05, 0.1) is 5.41 Å². The molecule has 2 saturated heterocycles. The standard InChI is InChI=1S/C20H24N4O.2C2HF3O2/c1-16-5-2-7-18(22-16)24-11-4-8-20(15-24)9-12-23(19(20)25)14-17-6-3-10-21-13-17;2*3-2(4,5)1(6)7/h2-3,5-7,10,13H,4,8-9,11-12,14-15H2,1H3;2*(H,6,7). The number of alkyl halides is 6. The van der Waals surface area contributed by atoms with Gasteiger partial charge in [0, 0.05) is 44.3 Å². The van der Waals surface area contributed by atoms with Crippen molar-refractivity contribution >= 4 is 23.7 Å². The van der Waals surface area contributed by atoms with E-state index in [0.29, 0.717) is 12.5 Å². The van der Waals surface area contributed by atoms with Crippen LogP contribution in [0, 0.1) is 12.3 Å². The van der Waals surface area contributed by atoms with Gasteiger partial charge in [0.2, 0.25) is 5.91 Å².